The van der Waals surface area contributed by atoms with Crippen molar-refractivity contribution in [3.05, 3.63) is 72.2 Å². The molecule has 6 heteroatoms. The maximum Gasteiger partial charge on any atom is 0.201 e. The van der Waals surface area contributed by atoms with Gasteiger partial charge in [-0.25, -0.2) is 9.98 Å². The van der Waals surface area contributed by atoms with Crippen molar-refractivity contribution in [1.82, 2.24) is 9.97 Å². The molecular formula is C21H14N4O2. The molecule has 0 unspecified atom stereocenters. The van der Waals surface area contributed by atoms with Crippen LogP contribution >= 0.6 is 0 Å². The van der Waals surface area contributed by atoms with Gasteiger partial charge in [0, 0.05) is 46.9 Å². The summed E-state index contributed by atoms with van der Waals surface area (Å²) >= 11 is 0. The lowest BCUT2D eigenvalue weighted by Gasteiger charge is -2.04. The predicted octanol–water partition coefficient (Wildman–Crippen LogP) is 4.93. The molecule has 0 amide bonds. The number of hydrogen-bond donors (Lipinski definition) is 2. The number of allylic oxidation sites excluding steroid dienone is 1. The molecule has 0 saturated heterocycles. The fraction of sp³-hybridized carbons (Fsp3) is 0. The smallest absolute Gasteiger partial charge is 0.201 e. The number of nitrogens with zero attached hydrogens (tertiary/aromatic N) is 3. The molecule has 130 valence electrons. The standard InChI is InChI=1S/C21H14N4O2/c26-18-11-20(25-15-5-6-17-13(9-15)3-1-7-22-17)27-19(18)10-14-12-24-21-16(14)4-2-8-23-21/h1-12,25-26H. The van der Waals surface area contributed by atoms with E-state index in [0.29, 0.717) is 17.5 Å². The van der Waals surface area contributed by atoms with Crippen LogP contribution in [0.25, 0.3) is 22.6 Å². The molecule has 3 aromatic heterocycles. The number of nitrogens with one attached hydrogen (secondary N) is 1. The maximum atomic E-state index is 10.2. The molecule has 0 bridgehead atoms. The van der Waals surface area contributed by atoms with Crippen LogP contribution in [0, 0.1) is 0 Å². The summed E-state index contributed by atoms with van der Waals surface area (Å²) in [6, 6.07) is 15.1. The molecule has 0 saturated carbocycles. The van der Waals surface area contributed by atoms with Crippen LogP contribution in [0.4, 0.5) is 17.4 Å². The van der Waals surface area contributed by atoms with Crippen LogP contribution in [0.1, 0.15) is 11.3 Å². The van der Waals surface area contributed by atoms with Crippen molar-refractivity contribution in [3.63, 3.8) is 0 Å². The van der Waals surface area contributed by atoms with Crippen LogP contribution in [0.2, 0.25) is 0 Å². The van der Waals surface area contributed by atoms with Gasteiger partial charge in [0.1, 0.15) is 0 Å². The molecule has 0 atom stereocenters. The normalized spacial score (nSPS) is 14.0. The molecule has 4 aromatic rings. The summed E-state index contributed by atoms with van der Waals surface area (Å²) in [7, 11) is 0. The van der Waals surface area contributed by atoms with Gasteiger partial charge in [0.15, 0.2) is 17.3 Å². The SMILES string of the molecule is Oc1cc(Nc2ccc3ncccc3c2)oc1C=C1C=Nc2ncccc21. The van der Waals surface area contributed by atoms with Crippen LogP contribution in [0.3, 0.4) is 0 Å². The molecule has 0 radical (unpaired) electrons. The lowest BCUT2D eigenvalue weighted by Crippen LogP contribution is -1.88. The summed E-state index contributed by atoms with van der Waals surface area (Å²) in [4.78, 5) is 12.8. The predicted molar refractivity (Wildman–Crippen MR) is 106 cm³/mol. The van der Waals surface area contributed by atoms with Gasteiger partial charge in [-0.1, -0.05) is 6.07 Å². The van der Waals surface area contributed by atoms with Gasteiger partial charge < -0.3 is 14.8 Å². The molecule has 4 heterocycles. The lowest BCUT2D eigenvalue weighted by atomic mass is 10.1. The first-order valence-corrected chi connectivity index (χ1v) is 8.42. The van der Waals surface area contributed by atoms with Crippen molar-refractivity contribution >= 4 is 46.2 Å². The van der Waals surface area contributed by atoms with E-state index in [1.807, 2.05) is 42.5 Å². The minimum absolute atomic E-state index is 0.0539. The van der Waals surface area contributed by atoms with Crippen LogP contribution in [0.5, 0.6) is 5.75 Å². The number of rotatable bonds is 3. The van der Waals surface area contributed by atoms with Crippen molar-refractivity contribution in [2.45, 2.75) is 0 Å². The van der Waals surface area contributed by atoms with Crippen LogP contribution < -0.4 is 5.32 Å². The Hall–Kier alpha value is -3.93. The molecular weight excluding hydrogens is 340 g/mol. The third-order valence-corrected chi connectivity index (χ3v) is 4.32. The topological polar surface area (TPSA) is 83.5 Å². The van der Waals surface area contributed by atoms with Crippen LogP contribution in [-0.2, 0) is 0 Å². The second-order valence-electron chi connectivity index (χ2n) is 6.13. The number of aliphatic imine (C=N–C) groups is 1. The van der Waals surface area contributed by atoms with E-state index >= 15 is 0 Å². The lowest BCUT2D eigenvalue weighted by molar-refractivity contribution is 0.456. The molecule has 0 spiro atoms. The number of fused-ring (bicyclic) bond motifs is 2. The molecule has 0 aliphatic carbocycles. The van der Waals surface area contributed by atoms with Gasteiger partial charge in [-0.2, -0.15) is 0 Å². The third kappa shape index (κ3) is 2.83. The van der Waals surface area contributed by atoms with Gasteiger partial charge in [-0.15, -0.1) is 0 Å². The van der Waals surface area contributed by atoms with Crippen molar-refractivity contribution < 1.29 is 9.52 Å². The number of pyridine rings is 2. The highest BCUT2D eigenvalue weighted by molar-refractivity contribution is 6.20. The number of furan rings is 1. The molecule has 27 heavy (non-hydrogen) atoms. The Morgan fingerprint density at radius 1 is 1.00 bits per heavy atom. The monoisotopic (exact) mass is 354 g/mol. The zero-order valence-electron chi connectivity index (χ0n) is 14.1. The molecule has 6 nitrogen and oxygen atoms in total. The fourth-order valence-electron chi connectivity index (χ4n) is 3.04. The van der Waals surface area contributed by atoms with Gasteiger partial charge in [-0.3, -0.25) is 4.98 Å². The largest absolute Gasteiger partial charge is 0.504 e. The molecule has 1 aromatic carbocycles. The van der Waals surface area contributed by atoms with Crippen molar-refractivity contribution in [3.8, 4) is 5.75 Å². The summed E-state index contributed by atoms with van der Waals surface area (Å²) in [6.45, 7) is 0. The Morgan fingerprint density at radius 2 is 1.89 bits per heavy atom. The second-order valence-corrected chi connectivity index (χ2v) is 6.13. The maximum absolute atomic E-state index is 10.2. The zero-order valence-corrected chi connectivity index (χ0v) is 14.1. The highest BCUT2D eigenvalue weighted by Crippen LogP contribution is 2.35. The summed E-state index contributed by atoms with van der Waals surface area (Å²) in [5.41, 5.74) is 3.51. The minimum Gasteiger partial charge on any atom is -0.504 e. The fourth-order valence-corrected chi connectivity index (χ4v) is 3.04. The Balaban J connectivity index is 1.44. The average Bonchev–Trinajstić information content (AvgIpc) is 3.25. The van der Waals surface area contributed by atoms with E-state index in [1.165, 1.54) is 0 Å². The van der Waals surface area contributed by atoms with Crippen molar-refractivity contribution in [2.75, 3.05) is 5.32 Å². The number of benzene rings is 1. The van der Waals surface area contributed by atoms with Crippen LogP contribution in [-0.4, -0.2) is 21.3 Å². The Bertz CT molecular complexity index is 1220. The van der Waals surface area contributed by atoms with E-state index in [9.17, 15) is 5.11 Å². The highest BCUT2D eigenvalue weighted by atomic mass is 16.4. The first-order chi connectivity index (χ1) is 13.3. The zero-order chi connectivity index (χ0) is 18.2. The highest BCUT2D eigenvalue weighted by Gasteiger charge is 2.15. The Morgan fingerprint density at radius 3 is 2.85 bits per heavy atom. The molecule has 1 aliphatic heterocycles. The molecule has 5 rings (SSSR count). The first-order valence-electron chi connectivity index (χ1n) is 8.42. The second kappa shape index (κ2) is 6.10. The summed E-state index contributed by atoms with van der Waals surface area (Å²) in [5, 5.41) is 14.4. The molecule has 2 N–H and O–H groups in total. The quantitative estimate of drug-likeness (QED) is 0.545. The number of aromatic nitrogens is 2. The Kier molecular flexibility index (Phi) is 3.47. The van der Waals surface area contributed by atoms with Crippen molar-refractivity contribution in [2.24, 2.45) is 4.99 Å². The van der Waals surface area contributed by atoms with E-state index in [1.54, 1.807) is 30.8 Å². The summed E-state index contributed by atoms with van der Waals surface area (Å²) in [6.07, 6.45) is 6.93. The van der Waals surface area contributed by atoms with E-state index in [2.05, 4.69) is 20.3 Å². The first kappa shape index (κ1) is 15.3. The van der Waals surface area contributed by atoms with E-state index in [0.717, 1.165) is 27.7 Å². The van der Waals surface area contributed by atoms with Crippen LogP contribution in [0.15, 0.2) is 70.3 Å². The van der Waals surface area contributed by atoms with Gasteiger partial charge in [0.05, 0.1) is 5.52 Å². The minimum atomic E-state index is 0.0539. The third-order valence-electron chi connectivity index (χ3n) is 4.32. The van der Waals surface area contributed by atoms with E-state index < -0.39 is 0 Å². The molecule has 1 aliphatic rings. The van der Waals surface area contributed by atoms with E-state index in [4.69, 9.17) is 4.42 Å². The summed E-state index contributed by atoms with van der Waals surface area (Å²) < 4.78 is 5.77. The van der Waals surface area contributed by atoms with Crippen molar-refractivity contribution in [1.29, 1.82) is 0 Å². The number of hydrogen-bond acceptors (Lipinski definition) is 6. The number of aromatic hydroxyl groups is 1. The van der Waals surface area contributed by atoms with Gasteiger partial charge in [0.2, 0.25) is 5.88 Å². The summed E-state index contributed by atoms with van der Waals surface area (Å²) in [5.74, 6) is 1.53. The molecule has 0 fully saturated rings. The van der Waals surface area contributed by atoms with Gasteiger partial charge in [-0.05, 0) is 42.5 Å². The number of anilines is 2. The Labute approximate surface area is 154 Å². The van der Waals surface area contributed by atoms with Gasteiger partial charge >= 0.3 is 0 Å². The van der Waals surface area contributed by atoms with Gasteiger partial charge in [0.25, 0.3) is 0 Å². The average molecular weight is 354 g/mol. The van der Waals surface area contributed by atoms with E-state index in [-0.39, 0.29) is 5.75 Å².